The molecule has 0 bridgehead atoms. The van der Waals surface area contributed by atoms with Crippen molar-refractivity contribution in [2.45, 2.75) is 26.3 Å². The maximum absolute atomic E-state index is 12.7. The van der Waals surface area contributed by atoms with Crippen LogP contribution in [0.4, 0.5) is 0 Å². The molecule has 0 saturated heterocycles. The predicted molar refractivity (Wildman–Crippen MR) is 90.9 cm³/mol. The molecule has 1 aromatic carbocycles. The number of nitrogens with zero attached hydrogens (tertiary/aromatic N) is 2. The molecule has 2 rings (SSSR count). The van der Waals surface area contributed by atoms with Crippen LogP contribution in [0.1, 0.15) is 25.3 Å². The van der Waals surface area contributed by atoms with Crippen molar-refractivity contribution >= 4 is 22.9 Å². The number of benzene rings is 1. The molecule has 124 valence electrons. The monoisotopic (exact) mass is 326 g/mol. The van der Waals surface area contributed by atoms with Gasteiger partial charge in [0.05, 0.1) is 12.6 Å². The van der Waals surface area contributed by atoms with Crippen LogP contribution in [0.15, 0.2) is 34.6 Å². The molecule has 0 amide bonds. The van der Waals surface area contributed by atoms with Gasteiger partial charge in [0.2, 0.25) is 0 Å². The van der Waals surface area contributed by atoms with Crippen molar-refractivity contribution < 1.29 is 14.6 Å². The van der Waals surface area contributed by atoms with E-state index in [4.69, 9.17) is 15.1 Å². The highest BCUT2D eigenvalue weighted by atomic mass is 16.5. The number of ether oxygens (including phenoxy) is 1. The molecule has 0 atom stereocenters. The minimum atomic E-state index is -1.35. The second kappa shape index (κ2) is 7.47. The summed E-state index contributed by atoms with van der Waals surface area (Å²) < 4.78 is 6.82. The van der Waals surface area contributed by atoms with Crippen molar-refractivity contribution in [1.29, 1.82) is 5.26 Å². The van der Waals surface area contributed by atoms with Gasteiger partial charge in [-0.05, 0) is 36.1 Å². The summed E-state index contributed by atoms with van der Waals surface area (Å²) in [5, 5.41) is 18.7. The van der Waals surface area contributed by atoms with Crippen LogP contribution in [0.5, 0.6) is 5.75 Å². The van der Waals surface area contributed by atoms with Gasteiger partial charge in [0.15, 0.2) is 0 Å². The number of aromatic nitrogens is 1. The molecule has 0 aliphatic rings. The minimum Gasteiger partial charge on any atom is -0.497 e. The summed E-state index contributed by atoms with van der Waals surface area (Å²) in [6, 6.07) is 8.55. The molecule has 1 aromatic heterocycles. The lowest BCUT2D eigenvalue weighted by molar-refractivity contribution is -0.132. The highest BCUT2D eigenvalue weighted by Gasteiger charge is 2.12. The first-order valence-corrected chi connectivity index (χ1v) is 7.58. The van der Waals surface area contributed by atoms with Crippen LogP contribution in [0.2, 0.25) is 0 Å². The van der Waals surface area contributed by atoms with Crippen LogP contribution in [0.25, 0.3) is 17.0 Å². The van der Waals surface area contributed by atoms with E-state index in [0.717, 1.165) is 29.8 Å². The van der Waals surface area contributed by atoms with Crippen molar-refractivity contribution in [3.8, 4) is 11.8 Å². The van der Waals surface area contributed by atoms with Crippen LogP contribution in [-0.2, 0) is 11.3 Å². The Morgan fingerprint density at radius 3 is 2.75 bits per heavy atom. The number of fused-ring (bicyclic) bond motifs is 1. The van der Waals surface area contributed by atoms with Gasteiger partial charge in [-0.2, -0.15) is 5.26 Å². The predicted octanol–water partition coefficient (Wildman–Crippen LogP) is 2.80. The topological polar surface area (TPSA) is 92.3 Å². The number of carbonyl (C=O) groups is 1. The first-order chi connectivity index (χ1) is 11.5. The highest BCUT2D eigenvalue weighted by molar-refractivity contribution is 5.97. The van der Waals surface area contributed by atoms with E-state index in [0.29, 0.717) is 12.3 Å². The van der Waals surface area contributed by atoms with E-state index in [9.17, 15) is 9.59 Å². The number of nitriles is 1. The normalized spacial score (nSPS) is 11.3. The first-order valence-electron chi connectivity index (χ1n) is 7.58. The smallest absolute Gasteiger partial charge is 0.346 e. The molecule has 0 aliphatic carbocycles. The highest BCUT2D eigenvalue weighted by Crippen LogP contribution is 2.21. The molecule has 1 heterocycles. The SMILES string of the molecule is CCCCn1c(=O)c(/C=C(\C#N)C(=O)O)cc2ccc(OC)cc21. The number of carboxylic acids is 1. The fourth-order valence-electron chi connectivity index (χ4n) is 2.44. The standard InChI is InChI=1S/C18H18N2O4/c1-3-4-7-20-16-10-15(24-2)6-5-12(16)8-13(17(20)21)9-14(11-19)18(22)23/h5-6,8-10H,3-4,7H2,1-2H3,(H,22,23)/b14-9+. The summed E-state index contributed by atoms with van der Waals surface area (Å²) in [4.78, 5) is 23.8. The molecule has 0 saturated carbocycles. The molecule has 0 spiro atoms. The molecule has 0 fully saturated rings. The second-order valence-electron chi connectivity index (χ2n) is 5.31. The van der Waals surface area contributed by atoms with Crippen molar-refractivity contribution in [2.75, 3.05) is 7.11 Å². The van der Waals surface area contributed by atoms with E-state index in [-0.39, 0.29) is 11.1 Å². The fraction of sp³-hybridized carbons (Fsp3) is 0.278. The molecule has 6 nitrogen and oxygen atoms in total. The number of hydrogen-bond acceptors (Lipinski definition) is 4. The zero-order chi connectivity index (χ0) is 17.7. The van der Waals surface area contributed by atoms with E-state index in [1.54, 1.807) is 42.0 Å². The van der Waals surface area contributed by atoms with Crippen molar-refractivity contribution in [1.82, 2.24) is 4.57 Å². The minimum absolute atomic E-state index is 0.183. The van der Waals surface area contributed by atoms with Crippen LogP contribution >= 0.6 is 0 Å². The Bertz CT molecular complexity index is 904. The number of aliphatic carboxylic acids is 1. The molecular formula is C18H18N2O4. The average Bonchev–Trinajstić information content (AvgIpc) is 2.58. The average molecular weight is 326 g/mol. The van der Waals surface area contributed by atoms with Gasteiger partial charge in [0.25, 0.3) is 5.56 Å². The van der Waals surface area contributed by atoms with Gasteiger partial charge in [-0.1, -0.05) is 13.3 Å². The lowest BCUT2D eigenvalue weighted by Crippen LogP contribution is -2.23. The maximum Gasteiger partial charge on any atom is 0.346 e. The van der Waals surface area contributed by atoms with E-state index in [2.05, 4.69) is 0 Å². The lowest BCUT2D eigenvalue weighted by Gasteiger charge is -2.12. The molecule has 0 radical (unpaired) electrons. The van der Waals surface area contributed by atoms with Crippen LogP contribution in [0.3, 0.4) is 0 Å². The summed E-state index contributed by atoms with van der Waals surface area (Å²) >= 11 is 0. The van der Waals surface area contributed by atoms with E-state index in [1.807, 2.05) is 6.92 Å². The summed E-state index contributed by atoms with van der Waals surface area (Å²) in [6.45, 7) is 2.53. The Kier molecular flexibility index (Phi) is 5.38. The van der Waals surface area contributed by atoms with E-state index < -0.39 is 11.5 Å². The molecule has 0 aliphatic heterocycles. The zero-order valence-corrected chi connectivity index (χ0v) is 13.6. The third-order valence-electron chi connectivity index (χ3n) is 3.72. The van der Waals surface area contributed by atoms with Crippen molar-refractivity contribution in [2.24, 2.45) is 0 Å². The Morgan fingerprint density at radius 2 is 2.17 bits per heavy atom. The third-order valence-corrected chi connectivity index (χ3v) is 3.72. The van der Waals surface area contributed by atoms with Gasteiger partial charge in [-0.3, -0.25) is 4.79 Å². The van der Waals surface area contributed by atoms with Gasteiger partial charge in [0, 0.05) is 18.2 Å². The Labute approximate surface area is 139 Å². The molecular weight excluding hydrogens is 308 g/mol. The van der Waals surface area contributed by atoms with Crippen molar-refractivity contribution in [3.05, 3.63) is 45.8 Å². The van der Waals surface area contributed by atoms with Gasteiger partial charge in [-0.15, -0.1) is 0 Å². The van der Waals surface area contributed by atoms with Crippen LogP contribution in [0, 0.1) is 11.3 Å². The second-order valence-corrected chi connectivity index (χ2v) is 5.31. The molecule has 0 unspecified atom stereocenters. The number of carboxylic acid groups (broad SMARTS) is 1. The quantitative estimate of drug-likeness (QED) is 0.651. The summed E-state index contributed by atoms with van der Waals surface area (Å²) in [7, 11) is 1.55. The maximum atomic E-state index is 12.7. The number of rotatable bonds is 6. The number of pyridine rings is 1. The Morgan fingerprint density at radius 1 is 1.42 bits per heavy atom. The number of hydrogen-bond donors (Lipinski definition) is 1. The van der Waals surface area contributed by atoms with Gasteiger partial charge in [-0.25, -0.2) is 4.79 Å². The van der Waals surface area contributed by atoms with E-state index >= 15 is 0 Å². The molecule has 1 N–H and O–H groups in total. The lowest BCUT2D eigenvalue weighted by atomic mass is 10.1. The first kappa shape index (κ1) is 17.3. The molecule has 2 aromatic rings. The van der Waals surface area contributed by atoms with Crippen LogP contribution < -0.4 is 10.3 Å². The number of unbranched alkanes of at least 4 members (excludes halogenated alkanes) is 1. The van der Waals surface area contributed by atoms with Gasteiger partial charge in [0.1, 0.15) is 17.4 Å². The summed E-state index contributed by atoms with van der Waals surface area (Å²) in [5.41, 5.74) is 0.113. The van der Waals surface area contributed by atoms with Gasteiger partial charge >= 0.3 is 5.97 Å². The molecule has 24 heavy (non-hydrogen) atoms. The summed E-state index contributed by atoms with van der Waals surface area (Å²) in [6.07, 6.45) is 2.84. The molecule has 6 heteroatoms. The number of methoxy groups -OCH3 is 1. The zero-order valence-electron chi connectivity index (χ0n) is 13.6. The van der Waals surface area contributed by atoms with Gasteiger partial charge < -0.3 is 14.4 Å². The van der Waals surface area contributed by atoms with Crippen LogP contribution in [-0.4, -0.2) is 22.8 Å². The Balaban J connectivity index is 2.75. The third kappa shape index (κ3) is 3.46. The Hall–Kier alpha value is -3.07. The van der Waals surface area contributed by atoms with E-state index in [1.165, 1.54) is 0 Å². The fourth-order valence-corrected chi connectivity index (χ4v) is 2.44. The largest absolute Gasteiger partial charge is 0.497 e. The van der Waals surface area contributed by atoms with Crippen molar-refractivity contribution in [3.63, 3.8) is 0 Å². The number of aryl methyl sites for hydroxylation is 1. The summed E-state index contributed by atoms with van der Waals surface area (Å²) in [5.74, 6) is -0.717.